The van der Waals surface area contributed by atoms with E-state index in [2.05, 4.69) is 10.2 Å². The van der Waals surface area contributed by atoms with Gasteiger partial charge in [0.15, 0.2) is 0 Å². The molecule has 3 rings (SSSR count). The van der Waals surface area contributed by atoms with Crippen molar-refractivity contribution in [2.45, 2.75) is 42.7 Å². The van der Waals surface area contributed by atoms with Crippen LogP contribution in [0.3, 0.4) is 0 Å². The van der Waals surface area contributed by atoms with E-state index in [-0.39, 0.29) is 10.6 Å². The fraction of sp³-hybridized carbons (Fsp3) is 0.571. The van der Waals surface area contributed by atoms with Gasteiger partial charge in [0.2, 0.25) is 10.0 Å². The number of piperidine rings is 1. The molecule has 2 fully saturated rings. The molecular weight excluding hydrogens is 288 g/mol. The van der Waals surface area contributed by atoms with Crippen LogP contribution >= 0.6 is 0 Å². The van der Waals surface area contributed by atoms with E-state index in [4.69, 9.17) is 10.9 Å². The van der Waals surface area contributed by atoms with Crippen LogP contribution in [-0.2, 0) is 10.0 Å². The Morgan fingerprint density at radius 1 is 1.19 bits per heavy atom. The average Bonchev–Trinajstić information content (AvgIpc) is 2.81. The van der Waals surface area contributed by atoms with Crippen molar-refractivity contribution in [3.8, 4) is 0 Å². The summed E-state index contributed by atoms with van der Waals surface area (Å²) in [6, 6.07) is 5.86. The van der Waals surface area contributed by atoms with Gasteiger partial charge >= 0.3 is 0 Å². The van der Waals surface area contributed by atoms with Gasteiger partial charge < -0.3 is 11.1 Å². The fourth-order valence-electron chi connectivity index (χ4n) is 3.53. The van der Waals surface area contributed by atoms with Crippen molar-refractivity contribution in [2.24, 2.45) is 5.14 Å². The molecule has 2 aliphatic rings. The highest BCUT2D eigenvalue weighted by Crippen LogP contribution is 2.30. The lowest BCUT2D eigenvalue weighted by Gasteiger charge is -2.33. The van der Waals surface area contributed by atoms with E-state index in [1.54, 1.807) is 12.1 Å². The third-order valence-electron chi connectivity index (χ3n) is 4.52. The van der Waals surface area contributed by atoms with Crippen LogP contribution in [0.5, 0.6) is 0 Å². The Morgan fingerprint density at radius 3 is 2.71 bits per heavy atom. The van der Waals surface area contributed by atoms with E-state index >= 15 is 0 Å². The third-order valence-corrected chi connectivity index (χ3v) is 5.51. The predicted molar refractivity (Wildman–Crippen MR) is 83.5 cm³/mol. The number of rotatable bonds is 3. The number of anilines is 2. The summed E-state index contributed by atoms with van der Waals surface area (Å²) in [5.74, 6) is 0. The zero-order chi connectivity index (χ0) is 15.0. The standard InChI is InChI=1S/C14H22N4O2S/c15-11-9-10(4-5-14(11)21(16,19)20)17-12-6-8-18-7-2-1-3-13(12)18/h4-5,9,12-13,17H,1-3,6-8,15H2,(H2,16,19,20). The zero-order valence-electron chi connectivity index (χ0n) is 12.0. The number of nitrogens with one attached hydrogen (secondary N) is 1. The molecule has 0 bridgehead atoms. The van der Waals surface area contributed by atoms with E-state index in [9.17, 15) is 8.42 Å². The summed E-state index contributed by atoms with van der Waals surface area (Å²) in [5, 5.41) is 8.63. The van der Waals surface area contributed by atoms with Crippen molar-refractivity contribution in [2.75, 3.05) is 24.1 Å². The summed E-state index contributed by atoms with van der Waals surface area (Å²) in [7, 11) is -3.76. The lowest BCUT2D eigenvalue weighted by atomic mass is 9.99. The molecule has 116 valence electrons. The first-order valence-corrected chi connectivity index (χ1v) is 8.93. The lowest BCUT2D eigenvalue weighted by Crippen LogP contribution is -2.41. The molecule has 2 heterocycles. The van der Waals surface area contributed by atoms with Crippen LogP contribution in [0.25, 0.3) is 0 Å². The van der Waals surface area contributed by atoms with Gasteiger partial charge in [-0.15, -0.1) is 0 Å². The predicted octanol–water partition coefficient (Wildman–Crippen LogP) is 0.955. The van der Waals surface area contributed by atoms with Crippen LogP contribution in [-0.4, -0.2) is 38.5 Å². The summed E-state index contributed by atoms with van der Waals surface area (Å²) in [6.07, 6.45) is 4.91. The largest absolute Gasteiger partial charge is 0.398 e. The van der Waals surface area contributed by atoms with E-state index in [1.807, 2.05) is 0 Å². The molecule has 1 aromatic carbocycles. The summed E-state index contributed by atoms with van der Waals surface area (Å²) < 4.78 is 22.7. The number of primary sulfonamides is 1. The molecule has 0 saturated carbocycles. The van der Waals surface area contributed by atoms with Gasteiger partial charge in [-0.25, -0.2) is 13.6 Å². The Balaban J connectivity index is 1.75. The molecular formula is C14H22N4O2S. The Labute approximate surface area is 125 Å². The number of nitrogen functional groups attached to an aromatic ring is 1. The van der Waals surface area contributed by atoms with E-state index in [0.717, 1.165) is 18.7 Å². The summed E-state index contributed by atoms with van der Waals surface area (Å²) in [4.78, 5) is 2.53. The molecule has 0 radical (unpaired) electrons. The number of hydrogen-bond donors (Lipinski definition) is 3. The number of nitrogens with zero attached hydrogens (tertiary/aromatic N) is 1. The molecule has 21 heavy (non-hydrogen) atoms. The zero-order valence-corrected chi connectivity index (χ0v) is 12.8. The number of benzene rings is 1. The van der Waals surface area contributed by atoms with E-state index in [1.165, 1.54) is 31.9 Å². The van der Waals surface area contributed by atoms with Crippen molar-refractivity contribution in [3.63, 3.8) is 0 Å². The first kappa shape index (κ1) is 14.6. The van der Waals surface area contributed by atoms with E-state index in [0.29, 0.717) is 12.1 Å². The molecule has 2 atom stereocenters. The molecule has 0 aliphatic carbocycles. The van der Waals surface area contributed by atoms with Gasteiger partial charge in [0.1, 0.15) is 4.90 Å². The van der Waals surface area contributed by atoms with Crippen molar-refractivity contribution in [1.82, 2.24) is 4.90 Å². The van der Waals surface area contributed by atoms with Gasteiger partial charge in [-0.2, -0.15) is 0 Å². The van der Waals surface area contributed by atoms with Gasteiger partial charge in [-0.1, -0.05) is 6.42 Å². The molecule has 5 N–H and O–H groups in total. The molecule has 0 amide bonds. The smallest absolute Gasteiger partial charge is 0.240 e. The summed E-state index contributed by atoms with van der Waals surface area (Å²) in [5.41, 5.74) is 6.86. The Bertz CT molecular complexity index is 632. The van der Waals surface area contributed by atoms with Gasteiger partial charge in [0, 0.05) is 24.3 Å². The van der Waals surface area contributed by atoms with Crippen LogP contribution in [0, 0.1) is 0 Å². The SMILES string of the molecule is Nc1cc(NC2CCN3CCCCC23)ccc1S(N)(=O)=O. The van der Waals surface area contributed by atoms with Crippen molar-refractivity contribution in [1.29, 1.82) is 0 Å². The van der Waals surface area contributed by atoms with Crippen molar-refractivity contribution < 1.29 is 8.42 Å². The maximum absolute atomic E-state index is 11.4. The number of hydrogen-bond acceptors (Lipinski definition) is 5. The average molecular weight is 310 g/mol. The maximum Gasteiger partial charge on any atom is 0.240 e. The van der Waals surface area contributed by atoms with Crippen molar-refractivity contribution in [3.05, 3.63) is 18.2 Å². The van der Waals surface area contributed by atoms with Crippen LogP contribution in [0.1, 0.15) is 25.7 Å². The minimum atomic E-state index is -3.76. The minimum Gasteiger partial charge on any atom is -0.398 e. The molecule has 1 aromatic rings. The number of fused-ring (bicyclic) bond motifs is 1. The topological polar surface area (TPSA) is 101 Å². The fourth-order valence-corrected chi connectivity index (χ4v) is 4.17. The maximum atomic E-state index is 11.4. The molecule has 7 heteroatoms. The molecule has 2 unspecified atom stereocenters. The second kappa shape index (κ2) is 5.47. The highest BCUT2D eigenvalue weighted by Gasteiger charge is 2.35. The number of nitrogens with two attached hydrogens (primary N) is 2. The Hall–Kier alpha value is -1.31. The summed E-state index contributed by atoms with van der Waals surface area (Å²) >= 11 is 0. The Kier molecular flexibility index (Phi) is 3.81. The monoisotopic (exact) mass is 310 g/mol. The molecule has 2 aliphatic heterocycles. The van der Waals surface area contributed by atoms with Gasteiger partial charge in [-0.05, 0) is 44.0 Å². The highest BCUT2D eigenvalue weighted by molar-refractivity contribution is 7.89. The second-order valence-corrected chi connectivity index (χ2v) is 7.47. The molecule has 6 nitrogen and oxygen atoms in total. The first-order chi connectivity index (χ1) is 9.95. The third kappa shape index (κ3) is 3.00. The van der Waals surface area contributed by atoms with Gasteiger partial charge in [0.05, 0.1) is 5.69 Å². The first-order valence-electron chi connectivity index (χ1n) is 7.38. The normalized spacial score (nSPS) is 26.5. The van der Waals surface area contributed by atoms with Gasteiger partial charge in [0.25, 0.3) is 0 Å². The molecule has 0 aromatic heterocycles. The Morgan fingerprint density at radius 2 is 2.00 bits per heavy atom. The highest BCUT2D eigenvalue weighted by atomic mass is 32.2. The molecule has 0 spiro atoms. The minimum absolute atomic E-state index is 0.0150. The lowest BCUT2D eigenvalue weighted by molar-refractivity contribution is 0.193. The van der Waals surface area contributed by atoms with Gasteiger partial charge in [-0.3, -0.25) is 4.90 Å². The van der Waals surface area contributed by atoms with Crippen LogP contribution in [0.4, 0.5) is 11.4 Å². The number of sulfonamides is 1. The summed E-state index contributed by atoms with van der Waals surface area (Å²) in [6.45, 7) is 2.32. The van der Waals surface area contributed by atoms with Crippen LogP contribution in [0.2, 0.25) is 0 Å². The van der Waals surface area contributed by atoms with Crippen LogP contribution in [0.15, 0.2) is 23.1 Å². The molecule has 2 saturated heterocycles. The van der Waals surface area contributed by atoms with Crippen LogP contribution < -0.4 is 16.2 Å². The quantitative estimate of drug-likeness (QED) is 0.722. The second-order valence-electron chi connectivity index (χ2n) is 5.94. The van der Waals surface area contributed by atoms with E-state index < -0.39 is 10.0 Å². The van der Waals surface area contributed by atoms with Crippen molar-refractivity contribution >= 4 is 21.4 Å².